The number of imidazole rings is 1. The van der Waals surface area contributed by atoms with Crippen LogP contribution in [0.25, 0.3) is 11.3 Å². The molecule has 0 spiro atoms. The average Bonchev–Trinajstić information content (AvgIpc) is 3.21. The normalized spacial score (nSPS) is 16.7. The highest BCUT2D eigenvalue weighted by atomic mass is 16.5. The maximum absolute atomic E-state index is 5.69. The highest BCUT2D eigenvalue weighted by Gasteiger charge is 2.35. The Morgan fingerprint density at radius 2 is 2.00 bits per heavy atom. The van der Waals surface area contributed by atoms with Gasteiger partial charge < -0.3 is 9.30 Å². The third-order valence-electron chi connectivity index (χ3n) is 5.56. The van der Waals surface area contributed by atoms with E-state index in [1.54, 1.807) is 0 Å². The van der Waals surface area contributed by atoms with Crippen molar-refractivity contribution < 1.29 is 4.74 Å². The Morgan fingerprint density at radius 1 is 1.19 bits per heavy atom. The topological polar surface area (TPSA) is 44.9 Å². The van der Waals surface area contributed by atoms with Gasteiger partial charge in [0.05, 0.1) is 23.9 Å². The van der Waals surface area contributed by atoms with Crippen LogP contribution in [0.5, 0.6) is 0 Å². The van der Waals surface area contributed by atoms with Gasteiger partial charge in [-0.25, -0.2) is 4.98 Å². The number of nitrogens with zero attached hydrogens (tertiary/aromatic N) is 4. The van der Waals surface area contributed by atoms with Crippen LogP contribution >= 0.6 is 0 Å². The van der Waals surface area contributed by atoms with Crippen molar-refractivity contribution in [2.24, 2.45) is 7.05 Å². The van der Waals surface area contributed by atoms with E-state index in [-0.39, 0.29) is 5.41 Å². The van der Waals surface area contributed by atoms with Crippen molar-refractivity contribution in [3.8, 4) is 11.3 Å². The molecule has 5 nitrogen and oxygen atoms in total. The van der Waals surface area contributed by atoms with Gasteiger partial charge in [-0.15, -0.1) is 0 Å². The molecule has 136 valence electrons. The second kappa shape index (κ2) is 6.72. The smallest absolute Gasteiger partial charge is 0.0951 e. The van der Waals surface area contributed by atoms with Crippen LogP contribution in [0.1, 0.15) is 29.7 Å². The summed E-state index contributed by atoms with van der Waals surface area (Å²) in [5.41, 5.74) is 6.11. The minimum absolute atomic E-state index is 0.0792. The average molecular weight is 350 g/mol. The zero-order chi connectivity index (χ0) is 18.1. The van der Waals surface area contributed by atoms with Crippen LogP contribution in [0.2, 0.25) is 0 Å². The molecule has 0 bridgehead atoms. The lowest BCUT2D eigenvalue weighted by atomic mass is 9.73. The fourth-order valence-corrected chi connectivity index (χ4v) is 4.12. The lowest BCUT2D eigenvalue weighted by Gasteiger charge is -2.38. The van der Waals surface area contributed by atoms with Gasteiger partial charge in [-0.3, -0.25) is 4.68 Å². The van der Waals surface area contributed by atoms with Crippen LogP contribution < -0.4 is 0 Å². The molecule has 1 aliphatic heterocycles. The Labute approximate surface area is 154 Å². The minimum atomic E-state index is 0.0792. The maximum atomic E-state index is 5.69. The quantitative estimate of drug-likeness (QED) is 0.721. The molecular weight excluding hydrogens is 324 g/mol. The van der Waals surface area contributed by atoms with Gasteiger partial charge in [-0.1, -0.05) is 29.8 Å². The number of benzene rings is 1. The SMILES string of the molecule is Cc1cccc(C2(Cn3cncc3-c3cn(C)nc3C)CCOCC2)c1. The summed E-state index contributed by atoms with van der Waals surface area (Å²) in [6.07, 6.45) is 8.04. The number of hydrogen-bond donors (Lipinski definition) is 0. The van der Waals surface area contributed by atoms with Crippen molar-refractivity contribution in [3.63, 3.8) is 0 Å². The molecule has 0 saturated carbocycles. The van der Waals surface area contributed by atoms with Crippen LogP contribution in [0.15, 0.2) is 43.0 Å². The van der Waals surface area contributed by atoms with Crippen LogP contribution in [-0.4, -0.2) is 32.5 Å². The van der Waals surface area contributed by atoms with E-state index in [9.17, 15) is 0 Å². The summed E-state index contributed by atoms with van der Waals surface area (Å²) in [6, 6.07) is 8.93. The van der Waals surface area contributed by atoms with E-state index >= 15 is 0 Å². The standard InChI is InChI=1S/C21H26N4O/c1-16-5-4-6-18(11-16)21(7-9-26-10-8-21)14-25-15-22-12-20(25)19-13-24(3)23-17(19)2/h4-6,11-13,15H,7-10,14H2,1-3H3. The number of hydrogen-bond acceptors (Lipinski definition) is 3. The van der Waals surface area contributed by atoms with Gasteiger partial charge in [0.2, 0.25) is 0 Å². The summed E-state index contributed by atoms with van der Waals surface area (Å²) in [4.78, 5) is 4.45. The van der Waals surface area contributed by atoms with Gasteiger partial charge in [0, 0.05) is 44.0 Å². The molecule has 4 rings (SSSR count). The zero-order valence-corrected chi connectivity index (χ0v) is 15.8. The van der Waals surface area contributed by atoms with Gasteiger partial charge in [0.1, 0.15) is 0 Å². The molecule has 0 atom stereocenters. The Kier molecular flexibility index (Phi) is 4.41. The molecule has 3 aromatic rings. The molecule has 3 heterocycles. The van der Waals surface area contributed by atoms with Gasteiger partial charge in [-0.2, -0.15) is 5.10 Å². The number of ether oxygens (including phenoxy) is 1. The van der Waals surface area contributed by atoms with Gasteiger partial charge >= 0.3 is 0 Å². The van der Waals surface area contributed by atoms with Crippen molar-refractivity contribution in [1.29, 1.82) is 0 Å². The van der Waals surface area contributed by atoms with Crippen LogP contribution in [0.3, 0.4) is 0 Å². The summed E-state index contributed by atoms with van der Waals surface area (Å²) >= 11 is 0. The zero-order valence-electron chi connectivity index (χ0n) is 15.8. The van der Waals surface area contributed by atoms with Crippen molar-refractivity contribution in [3.05, 3.63) is 59.8 Å². The summed E-state index contributed by atoms with van der Waals surface area (Å²) in [5, 5.41) is 4.50. The predicted molar refractivity (Wildman–Crippen MR) is 102 cm³/mol. The molecular formula is C21H26N4O. The Morgan fingerprint density at radius 3 is 2.69 bits per heavy atom. The summed E-state index contributed by atoms with van der Waals surface area (Å²) in [5.74, 6) is 0. The Balaban J connectivity index is 1.74. The van der Waals surface area contributed by atoms with E-state index in [0.29, 0.717) is 0 Å². The number of aromatic nitrogens is 4. The third kappa shape index (κ3) is 3.07. The molecule has 1 saturated heterocycles. The molecule has 26 heavy (non-hydrogen) atoms. The molecule has 1 aromatic carbocycles. The van der Waals surface area contributed by atoms with Crippen molar-refractivity contribution >= 4 is 0 Å². The van der Waals surface area contributed by atoms with E-state index in [1.807, 2.05) is 24.3 Å². The lowest BCUT2D eigenvalue weighted by Crippen LogP contribution is -2.38. The lowest BCUT2D eigenvalue weighted by molar-refractivity contribution is 0.0436. The van der Waals surface area contributed by atoms with E-state index in [2.05, 4.69) is 59.0 Å². The number of aryl methyl sites for hydroxylation is 3. The number of rotatable bonds is 4. The molecule has 5 heteroatoms. The summed E-state index contributed by atoms with van der Waals surface area (Å²) in [7, 11) is 1.96. The fourth-order valence-electron chi connectivity index (χ4n) is 4.12. The molecule has 1 aliphatic rings. The second-order valence-corrected chi connectivity index (χ2v) is 7.47. The van der Waals surface area contributed by atoms with E-state index in [1.165, 1.54) is 11.1 Å². The molecule has 0 radical (unpaired) electrons. The third-order valence-corrected chi connectivity index (χ3v) is 5.56. The first-order chi connectivity index (χ1) is 12.6. The van der Waals surface area contributed by atoms with Crippen LogP contribution in [0.4, 0.5) is 0 Å². The summed E-state index contributed by atoms with van der Waals surface area (Å²) < 4.78 is 9.85. The fraction of sp³-hybridized carbons (Fsp3) is 0.429. The van der Waals surface area contributed by atoms with Crippen molar-refractivity contribution in [1.82, 2.24) is 19.3 Å². The second-order valence-electron chi connectivity index (χ2n) is 7.47. The predicted octanol–water partition coefficient (Wildman–Crippen LogP) is 3.65. The molecule has 1 fully saturated rings. The first kappa shape index (κ1) is 17.0. The largest absolute Gasteiger partial charge is 0.381 e. The highest BCUT2D eigenvalue weighted by Crippen LogP contribution is 2.38. The van der Waals surface area contributed by atoms with Crippen LogP contribution in [0, 0.1) is 13.8 Å². The summed E-state index contributed by atoms with van der Waals surface area (Å²) in [6.45, 7) is 6.74. The molecule has 0 amide bonds. The first-order valence-electron chi connectivity index (χ1n) is 9.23. The minimum Gasteiger partial charge on any atom is -0.381 e. The Bertz CT molecular complexity index is 902. The van der Waals surface area contributed by atoms with Gasteiger partial charge in [-0.05, 0) is 32.3 Å². The van der Waals surface area contributed by atoms with Gasteiger partial charge in [0.25, 0.3) is 0 Å². The molecule has 0 N–H and O–H groups in total. The highest BCUT2D eigenvalue weighted by molar-refractivity contribution is 5.60. The maximum Gasteiger partial charge on any atom is 0.0951 e. The van der Waals surface area contributed by atoms with Crippen molar-refractivity contribution in [2.75, 3.05) is 13.2 Å². The van der Waals surface area contributed by atoms with Crippen LogP contribution in [-0.2, 0) is 23.7 Å². The molecule has 2 aromatic heterocycles. The molecule has 0 unspecified atom stereocenters. The van der Waals surface area contributed by atoms with Crippen molar-refractivity contribution in [2.45, 2.75) is 38.6 Å². The van der Waals surface area contributed by atoms with E-state index < -0.39 is 0 Å². The van der Waals surface area contributed by atoms with E-state index in [0.717, 1.165) is 49.6 Å². The monoisotopic (exact) mass is 350 g/mol. The Hall–Kier alpha value is -2.40. The van der Waals surface area contributed by atoms with Gasteiger partial charge in [0.15, 0.2) is 0 Å². The van der Waals surface area contributed by atoms with E-state index in [4.69, 9.17) is 4.74 Å². The first-order valence-corrected chi connectivity index (χ1v) is 9.23. The molecule has 0 aliphatic carbocycles.